The first-order chi connectivity index (χ1) is 9.02. The largest absolute Gasteiger partial charge is 0.496 e. The van der Waals surface area contributed by atoms with E-state index in [4.69, 9.17) is 9.84 Å². The molecule has 1 aromatic carbocycles. The van der Waals surface area contributed by atoms with Crippen molar-refractivity contribution in [2.75, 3.05) is 7.11 Å². The highest BCUT2D eigenvalue weighted by atomic mass is 16.5. The fourth-order valence-corrected chi connectivity index (χ4v) is 2.13. The van der Waals surface area contributed by atoms with Gasteiger partial charge in [-0.05, 0) is 24.6 Å². The summed E-state index contributed by atoms with van der Waals surface area (Å²) in [4.78, 5) is 33.9. The lowest BCUT2D eigenvalue weighted by Crippen LogP contribution is -2.39. The minimum Gasteiger partial charge on any atom is -0.496 e. The molecule has 100 valence electrons. The van der Waals surface area contributed by atoms with Crippen LogP contribution >= 0.6 is 0 Å². The zero-order chi connectivity index (χ0) is 14.0. The molecule has 0 bridgehead atoms. The summed E-state index contributed by atoms with van der Waals surface area (Å²) in [5.41, 5.74) is 0.577. The Morgan fingerprint density at radius 3 is 2.74 bits per heavy atom. The third-order valence-corrected chi connectivity index (χ3v) is 3.09. The Labute approximate surface area is 109 Å². The second-order valence-electron chi connectivity index (χ2n) is 4.27. The molecular formula is C13H13NO5. The van der Waals surface area contributed by atoms with Crippen molar-refractivity contribution < 1.29 is 24.2 Å². The number of hydrogen-bond acceptors (Lipinski definition) is 4. The molecule has 1 fully saturated rings. The number of benzene rings is 1. The second kappa shape index (κ2) is 5.09. The Morgan fingerprint density at radius 1 is 1.42 bits per heavy atom. The van der Waals surface area contributed by atoms with Gasteiger partial charge in [-0.1, -0.05) is 0 Å². The van der Waals surface area contributed by atoms with E-state index in [1.54, 1.807) is 0 Å². The molecule has 0 aliphatic carbocycles. The number of ether oxygens (including phenoxy) is 1. The van der Waals surface area contributed by atoms with Crippen LogP contribution in [0.2, 0.25) is 0 Å². The molecule has 1 aliphatic rings. The molecule has 0 spiro atoms. The first-order valence-electron chi connectivity index (χ1n) is 5.78. The van der Waals surface area contributed by atoms with E-state index >= 15 is 0 Å². The highest BCUT2D eigenvalue weighted by Crippen LogP contribution is 2.32. The number of rotatable bonds is 3. The summed E-state index contributed by atoms with van der Waals surface area (Å²) >= 11 is 0. The normalized spacial score (nSPS) is 18.9. The number of carbonyl (C=O) groups excluding carboxylic acids is 2. The Kier molecular flexibility index (Phi) is 3.50. The number of hydrogen-bond donors (Lipinski definition) is 2. The summed E-state index contributed by atoms with van der Waals surface area (Å²) in [5.74, 6) is -1.92. The van der Waals surface area contributed by atoms with Gasteiger partial charge in [-0.3, -0.25) is 14.9 Å². The lowest BCUT2D eigenvalue weighted by Gasteiger charge is -2.23. The predicted molar refractivity (Wildman–Crippen MR) is 65.1 cm³/mol. The van der Waals surface area contributed by atoms with Gasteiger partial charge in [0.2, 0.25) is 11.8 Å². The number of methoxy groups -OCH3 is 1. The van der Waals surface area contributed by atoms with Crippen molar-refractivity contribution in [3.05, 3.63) is 29.3 Å². The number of piperidine rings is 1. The van der Waals surface area contributed by atoms with E-state index in [0.29, 0.717) is 17.7 Å². The average molecular weight is 263 g/mol. The van der Waals surface area contributed by atoms with Crippen LogP contribution in [0.4, 0.5) is 0 Å². The number of aromatic carboxylic acids is 1. The maximum atomic E-state index is 11.8. The third kappa shape index (κ3) is 2.57. The summed E-state index contributed by atoms with van der Waals surface area (Å²) in [7, 11) is 1.45. The van der Waals surface area contributed by atoms with Gasteiger partial charge >= 0.3 is 5.97 Å². The SMILES string of the molecule is COc1ccc(C(=O)O)cc1C1CCC(=O)NC1=O. The van der Waals surface area contributed by atoms with Gasteiger partial charge < -0.3 is 9.84 Å². The molecule has 0 radical (unpaired) electrons. The van der Waals surface area contributed by atoms with Crippen LogP contribution in [0.25, 0.3) is 0 Å². The number of imide groups is 1. The van der Waals surface area contributed by atoms with Crippen molar-refractivity contribution in [3.63, 3.8) is 0 Å². The van der Waals surface area contributed by atoms with E-state index < -0.39 is 17.8 Å². The van der Waals surface area contributed by atoms with Crippen molar-refractivity contribution in [2.45, 2.75) is 18.8 Å². The standard InChI is InChI=1S/C13H13NO5/c1-19-10-4-2-7(13(17)18)6-9(10)8-3-5-11(15)14-12(8)16/h2,4,6,8H,3,5H2,1H3,(H,17,18)(H,14,15,16). The summed E-state index contributed by atoms with van der Waals surface area (Å²) in [5, 5.41) is 11.2. The van der Waals surface area contributed by atoms with Crippen LogP contribution in [-0.2, 0) is 9.59 Å². The van der Waals surface area contributed by atoms with Crippen molar-refractivity contribution in [2.24, 2.45) is 0 Å². The van der Waals surface area contributed by atoms with E-state index in [1.807, 2.05) is 0 Å². The lowest BCUT2D eigenvalue weighted by molar-refractivity contribution is -0.134. The Hall–Kier alpha value is -2.37. The number of carboxylic acids is 1. The topological polar surface area (TPSA) is 92.7 Å². The molecule has 1 aliphatic heterocycles. The molecule has 2 N–H and O–H groups in total. The van der Waals surface area contributed by atoms with Crippen LogP contribution < -0.4 is 10.1 Å². The zero-order valence-corrected chi connectivity index (χ0v) is 10.3. The van der Waals surface area contributed by atoms with Crippen LogP contribution in [0.1, 0.15) is 34.7 Å². The smallest absolute Gasteiger partial charge is 0.335 e. The molecule has 1 saturated heterocycles. The van der Waals surface area contributed by atoms with Crippen LogP contribution in [0.5, 0.6) is 5.75 Å². The molecule has 1 aromatic rings. The molecule has 6 heteroatoms. The van der Waals surface area contributed by atoms with Crippen molar-refractivity contribution >= 4 is 17.8 Å². The quantitative estimate of drug-likeness (QED) is 0.791. The fraction of sp³-hybridized carbons (Fsp3) is 0.308. The van der Waals surface area contributed by atoms with E-state index in [1.165, 1.54) is 25.3 Å². The molecule has 0 aromatic heterocycles. The average Bonchev–Trinajstić information content (AvgIpc) is 2.38. The summed E-state index contributed by atoms with van der Waals surface area (Å²) in [6.45, 7) is 0. The van der Waals surface area contributed by atoms with Gasteiger partial charge in [-0.15, -0.1) is 0 Å². The van der Waals surface area contributed by atoms with Gasteiger partial charge in [-0.2, -0.15) is 0 Å². The highest BCUT2D eigenvalue weighted by Gasteiger charge is 2.30. The van der Waals surface area contributed by atoms with E-state index in [0.717, 1.165) is 0 Å². The summed E-state index contributed by atoms with van der Waals surface area (Å²) in [6, 6.07) is 4.35. The predicted octanol–water partition coefficient (Wildman–Crippen LogP) is 0.914. The molecule has 1 heterocycles. The van der Waals surface area contributed by atoms with Crippen LogP contribution in [0.3, 0.4) is 0 Å². The first-order valence-corrected chi connectivity index (χ1v) is 5.78. The van der Waals surface area contributed by atoms with Gasteiger partial charge in [0, 0.05) is 12.0 Å². The molecule has 2 amide bonds. The number of nitrogens with one attached hydrogen (secondary N) is 1. The molecule has 1 atom stereocenters. The first kappa shape index (κ1) is 13.1. The van der Waals surface area contributed by atoms with Crippen LogP contribution in [0.15, 0.2) is 18.2 Å². The van der Waals surface area contributed by atoms with E-state index in [2.05, 4.69) is 5.32 Å². The van der Waals surface area contributed by atoms with Gasteiger partial charge in [0.25, 0.3) is 0 Å². The van der Waals surface area contributed by atoms with Gasteiger partial charge in [-0.25, -0.2) is 4.79 Å². The molecule has 0 saturated carbocycles. The Morgan fingerprint density at radius 2 is 2.16 bits per heavy atom. The number of carbonyl (C=O) groups is 3. The molecule has 6 nitrogen and oxygen atoms in total. The molecule has 1 unspecified atom stereocenters. The van der Waals surface area contributed by atoms with Crippen LogP contribution in [-0.4, -0.2) is 30.0 Å². The minimum absolute atomic E-state index is 0.0838. The second-order valence-corrected chi connectivity index (χ2v) is 4.27. The molecule has 19 heavy (non-hydrogen) atoms. The maximum Gasteiger partial charge on any atom is 0.335 e. The van der Waals surface area contributed by atoms with Crippen molar-refractivity contribution in [1.29, 1.82) is 0 Å². The maximum absolute atomic E-state index is 11.8. The lowest BCUT2D eigenvalue weighted by atomic mass is 9.89. The summed E-state index contributed by atoms with van der Waals surface area (Å²) < 4.78 is 5.15. The van der Waals surface area contributed by atoms with E-state index in [9.17, 15) is 14.4 Å². The minimum atomic E-state index is -1.07. The van der Waals surface area contributed by atoms with Gasteiger partial charge in [0.05, 0.1) is 18.6 Å². The monoisotopic (exact) mass is 263 g/mol. The zero-order valence-electron chi connectivity index (χ0n) is 10.3. The number of amides is 2. The highest BCUT2D eigenvalue weighted by molar-refractivity contribution is 6.01. The Bertz CT molecular complexity index is 552. The fourth-order valence-electron chi connectivity index (χ4n) is 2.13. The molecular weight excluding hydrogens is 250 g/mol. The summed E-state index contributed by atoms with van der Waals surface area (Å²) in [6.07, 6.45) is 0.584. The number of carboxylic acid groups (broad SMARTS) is 1. The van der Waals surface area contributed by atoms with Crippen molar-refractivity contribution in [3.8, 4) is 5.75 Å². The van der Waals surface area contributed by atoms with E-state index in [-0.39, 0.29) is 17.9 Å². The Balaban J connectivity index is 2.41. The third-order valence-electron chi connectivity index (χ3n) is 3.09. The van der Waals surface area contributed by atoms with Gasteiger partial charge in [0.1, 0.15) is 5.75 Å². The van der Waals surface area contributed by atoms with Crippen LogP contribution in [0, 0.1) is 0 Å². The van der Waals surface area contributed by atoms with Gasteiger partial charge in [0.15, 0.2) is 0 Å². The van der Waals surface area contributed by atoms with Crippen molar-refractivity contribution in [1.82, 2.24) is 5.32 Å². The molecule has 2 rings (SSSR count).